The van der Waals surface area contributed by atoms with Crippen molar-refractivity contribution in [3.05, 3.63) is 29.0 Å². The van der Waals surface area contributed by atoms with Crippen molar-refractivity contribution >= 4 is 17.5 Å². The zero-order valence-electron chi connectivity index (χ0n) is 10.2. The lowest BCUT2D eigenvalue weighted by Crippen LogP contribution is -2.35. The zero-order chi connectivity index (χ0) is 12.7. The molecule has 4 nitrogen and oxygen atoms in total. The maximum absolute atomic E-state index is 11.4. The summed E-state index contributed by atoms with van der Waals surface area (Å²) in [7, 11) is 1.64. The van der Waals surface area contributed by atoms with E-state index in [0.717, 1.165) is 18.5 Å². The molecule has 0 saturated carbocycles. The van der Waals surface area contributed by atoms with Gasteiger partial charge >= 0.3 is 0 Å². The average Bonchev–Trinajstić information content (AvgIpc) is 2.32. The number of rotatable bonds is 6. The first-order valence-corrected chi connectivity index (χ1v) is 6.07. The first kappa shape index (κ1) is 13.9. The average molecular weight is 256 g/mol. The summed E-state index contributed by atoms with van der Waals surface area (Å²) < 4.78 is 0. The number of likely N-dealkylation sites (N-methyl/N-ethyl adjacent to an activating group) is 1. The van der Waals surface area contributed by atoms with E-state index >= 15 is 0 Å². The Hall–Kier alpha value is -1.13. The molecule has 0 aliphatic heterocycles. The molecular weight excluding hydrogens is 238 g/mol. The van der Waals surface area contributed by atoms with Gasteiger partial charge in [-0.15, -0.1) is 0 Å². The highest BCUT2D eigenvalue weighted by Crippen LogP contribution is 2.14. The Bertz CT molecular complexity index is 371. The van der Waals surface area contributed by atoms with Crippen LogP contribution in [0.3, 0.4) is 0 Å². The van der Waals surface area contributed by atoms with E-state index in [1.165, 1.54) is 0 Å². The molecule has 0 saturated heterocycles. The van der Waals surface area contributed by atoms with Crippen LogP contribution in [0.4, 0.5) is 0 Å². The summed E-state index contributed by atoms with van der Waals surface area (Å²) in [6.07, 6.45) is 2.66. The van der Waals surface area contributed by atoms with Crippen LogP contribution < -0.4 is 5.32 Å². The second-order valence-corrected chi connectivity index (χ2v) is 4.20. The quantitative estimate of drug-likeness (QED) is 0.787. The SMILES string of the molecule is CCCN(CC(=O)NC)Cc1cccnc1Cl. The Morgan fingerprint density at radius 2 is 2.35 bits per heavy atom. The summed E-state index contributed by atoms with van der Waals surface area (Å²) in [6.45, 7) is 3.98. The van der Waals surface area contributed by atoms with Gasteiger partial charge in [0.2, 0.25) is 5.91 Å². The lowest BCUT2D eigenvalue weighted by molar-refractivity contribution is -0.121. The predicted octanol–water partition coefficient (Wildman–Crippen LogP) is 1.69. The molecule has 0 spiro atoms. The van der Waals surface area contributed by atoms with E-state index in [0.29, 0.717) is 18.2 Å². The highest BCUT2D eigenvalue weighted by molar-refractivity contribution is 6.30. The van der Waals surface area contributed by atoms with Crippen LogP contribution in [0.25, 0.3) is 0 Å². The van der Waals surface area contributed by atoms with Crippen LogP contribution in [0.15, 0.2) is 18.3 Å². The summed E-state index contributed by atoms with van der Waals surface area (Å²) in [4.78, 5) is 17.5. The molecule has 0 atom stereocenters. The van der Waals surface area contributed by atoms with Crippen molar-refractivity contribution in [1.29, 1.82) is 0 Å². The monoisotopic (exact) mass is 255 g/mol. The lowest BCUT2D eigenvalue weighted by Gasteiger charge is -2.20. The van der Waals surface area contributed by atoms with E-state index < -0.39 is 0 Å². The normalized spacial score (nSPS) is 10.6. The molecular formula is C12H18ClN3O. The number of carbonyl (C=O) groups excluding carboxylic acids is 1. The molecule has 0 aliphatic carbocycles. The zero-order valence-corrected chi connectivity index (χ0v) is 11.0. The minimum Gasteiger partial charge on any atom is -0.358 e. The topological polar surface area (TPSA) is 45.2 Å². The smallest absolute Gasteiger partial charge is 0.233 e. The minimum absolute atomic E-state index is 0.0125. The second-order valence-electron chi connectivity index (χ2n) is 3.84. The minimum atomic E-state index is 0.0125. The van der Waals surface area contributed by atoms with Crippen LogP contribution in [-0.2, 0) is 11.3 Å². The highest BCUT2D eigenvalue weighted by Gasteiger charge is 2.11. The number of hydrogen-bond acceptors (Lipinski definition) is 3. The van der Waals surface area contributed by atoms with E-state index in [9.17, 15) is 4.79 Å². The molecule has 0 aromatic carbocycles. The number of amides is 1. The first-order chi connectivity index (χ1) is 8.17. The summed E-state index contributed by atoms with van der Waals surface area (Å²) in [5.74, 6) is 0.0125. The standard InChI is InChI=1S/C12H18ClN3O/c1-3-7-16(9-11(17)14-2)8-10-5-4-6-15-12(10)13/h4-6H,3,7-9H2,1-2H3,(H,14,17). The van der Waals surface area contributed by atoms with Crippen molar-refractivity contribution in [3.63, 3.8) is 0 Å². The molecule has 0 fully saturated rings. The fourth-order valence-corrected chi connectivity index (χ4v) is 1.77. The van der Waals surface area contributed by atoms with Crippen LogP contribution in [0.5, 0.6) is 0 Å². The third kappa shape index (κ3) is 4.71. The predicted molar refractivity (Wildman–Crippen MR) is 68.9 cm³/mol. The van der Waals surface area contributed by atoms with Gasteiger partial charge in [0.25, 0.3) is 0 Å². The van der Waals surface area contributed by atoms with Gasteiger partial charge in [0, 0.05) is 25.4 Å². The van der Waals surface area contributed by atoms with Gasteiger partial charge in [-0.05, 0) is 19.0 Å². The van der Waals surface area contributed by atoms with E-state index in [2.05, 4.69) is 22.1 Å². The summed E-state index contributed by atoms with van der Waals surface area (Å²) >= 11 is 6.00. The third-order valence-corrected chi connectivity index (χ3v) is 2.76. The molecule has 94 valence electrons. The Balaban J connectivity index is 2.66. The molecule has 1 aromatic rings. The van der Waals surface area contributed by atoms with Crippen LogP contribution in [0, 0.1) is 0 Å². The van der Waals surface area contributed by atoms with Crippen LogP contribution >= 0.6 is 11.6 Å². The largest absolute Gasteiger partial charge is 0.358 e. The fraction of sp³-hybridized carbons (Fsp3) is 0.500. The van der Waals surface area contributed by atoms with Gasteiger partial charge in [-0.25, -0.2) is 4.98 Å². The summed E-state index contributed by atoms with van der Waals surface area (Å²) in [5, 5.41) is 3.13. The van der Waals surface area contributed by atoms with Crippen LogP contribution in [0.2, 0.25) is 5.15 Å². The van der Waals surface area contributed by atoms with Gasteiger partial charge in [-0.2, -0.15) is 0 Å². The van der Waals surface area contributed by atoms with Crippen molar-refractivity contribution in [2.75, 3.05) is 20.1 Å². The van der Waals surface area contributed by atoms with Crippen LogP contribution in [-0.4, -0.2) is 35.9 Å². The van der Waals surface area contributed by atoms with E-state index in [4.69, 9.17) is 11.6 Å². The van der Waals surface area contributed by atoms with Gasteiger partial charge in [0.1, 0.15) is 5.15 Å². The maximum Gasteiger partial charge on any atom is 0.233 e. The molecule has 1 rings (SSSR count). The van der Waals surface area contributed by atoms with Crippen molar-refractivity contribution < 1.29 is 4.79 Å². The molecule has 0 radical (unpaired) electrons. The maximum atomic E-state index is 11.4. The van der Waals surface area contributed by atoms with Crippen molar-refractivity contribution in [3.8, 4) is 0 Å². The van der Waals surface area contributed by atoms with Crippen molar-refractivity contribution in [2.45, 2.75) is 19.9 Å². The van der Waals surface area contributed by atoms with Crippen LogP contribution in [0.1, 0.15) is 18.9 Å². The number of halogens is 1. The Morgan fingerprint density at radius 3 is 2.94 bits per heavy atom. The number of carbonyl (C=O) groups is 1. The van der Waals surface area contributed by atoms with Gasteiger partial charge in [0.15, 0.2) is 0 Å². The van der Waals surface area contributed by atoms with Crippen molar-refractivity contribution in [1.82, 2.24) is 15.2 Å². The van der Waals surface area contributed by atoms with Crippen molar-refractivity contribution in [2.24, 2.45) is 0 Å². The lowest BCUT2D eigenvalue weighted by atomic mass is 10.2. The molecule has 0 aliphatic rings. The number of aromatic nitrogens is 1. The van der Waals surface area contributed by atoms with Gasteiger partial charge in [-0.3, -0.25) is 9.69 Å². The number of pyridine rings is 1. The first-order valence-electron chi connectivity index (χ1n) is 5.69. The fourth-order valence-electron chi connectivity index (χ4n) is 1.59. The number of hydrogen-bond donors (Lipinski definition) is 1. The molecule has 0 bridgehead atoms. The van der Waals surface area contributed by atoms with Gasteiger partial charge in [-0.1, -0.05) is 24.6 Å². The highest BCUT2D eigenvalue weighted by atomic mass is 35.5. The molecule has 1 amide bonds. The molecule has 17 heavy (non-hydrogen) atoms. The summed E-state index contributed by atoms with van der Waals surface area (Å²) in [6, 6.07) is 3.78. The molecule has 1 aromatic heterocycles. The molecule has 5 heteroatoms. The Morgan fingerprint density at radius 1 is 1.59 bits per heavy atom. The number of nitrogens with one attached hydrogen (secondary N) is 1. The molecule has 0 unspecified atom stereocenters. The second kappa shape index (κ2) is 7.25. The van der Waals surface area contributed by atoms with Gasteiger partial charge < -0.3 is 5.32 Å². The van der Waals surface area contributed by atoms with E-state index in [-0.39, 0.29) is 5.91 Å². The Kier molecular flexibility index (Phi) is 5.94. The van der Waals surface area contributed by atoms with E-state index in [1.807, 2.05) is 12.1 Å². The number of nitrogens with zero attached hydrogens (tertiary/aromatic N) is 2. The molecule has 1 N–H and O–H groups in total. The summed E-state index contributed by atoms with van der Waals surface area (Å²) in [5.41, 5.74) is 0.950. The molecule has 1 heterocycles. The third-order valence-electron chi connectivity index (χ3n) is 2.42. The van der Waals surface area contributed by atoms with Gasteiger partial charge in [0.05, 0.1) is 6.54 Å². The van der Waals surface area contributed by atoms with E-state index in [1.54, 1.807) is 13.2 Å². The Labute approximate surface area is 107 Å².